The number of carboxylic acids is 1. The molecule has 0 aromatic heterocycles. The van der Waals surface area contributed by atoms with Crippen molar-refractivity contribution in [3.8, 4) is 0 Å². The fraction of sp³-hybridized carbons (Fsp3) is 0.923. The predicted octanol–water partition coefficient (Wildman–Crippen LogP) is 2.61. The smallest absolute Gasteiger partial charge is 0.306 e. The second-order valence-electron chi connectivity index (χ2n) is 5.67. The van der Waals surface area contributed by atoms with E-state index < -0.39 is 5.97 Å². The first kappa shape index (κ1) is 13.5. The minimum atomic E-state index is -0.623. The van der Waals surface area contributed by atoms with E-state index in [9.17, 15) is 4.79 Å². The number of likely N-dealkylation sites (tertiary alicyclic amines) is 1. The number of aliphatic carboxylic acids is 1. The van der Waals surface area contributed by atoms with Gasteiger partial charge in [-0.1, -0.05) is 20.8 Å². The van der Waals surface area contributed by atoms with E-state index >= 15 is 0 Å². The number of nitrogens with zero attached hydrogens (tertiary/aromatic N) is 1. The van der Waals surface area contributed by atoms with Crippen LogP contribution in [0.15, 0.2) is 0 Å². The van der Waals surface area contributed by atoms with Gasteiger partial charge in [0.2, 0.25) is 0 Å². The lowest BCUT2D eigenvalue weighted by Crippen LogP contribution is -2.47. The van der Waals surface area contributed by atoms with Gasteiger partial charge in [0, 0.05) is 6.04 Å². The number of carboxylic acid groups (broad SMARTS) is 1. The minimum absolute atomic E-state index is 0.117. The molecule has 1 heterocycles. The first-order valence-electron chi connectivity index (χ1n) is 6.35. The second-order valence-corrected chi connectivity index (χ2v) is 5.67. The lowest BCUT2D eigenvalue weighted by atomic mass is 9.81. The molecule has 94 valence electrons. The van der Waals surface area contributed by atoms with E-state index in [0.29, 0.717) is 11.5 Å². The Morgan fingerprint density at radius 1 is 1.44 bits per heavy atom. The van der Waals surface area contributed by atoms with Gasteiger partial charge in [0.15, 0.2) is 0 Å². The normalized spacial score (nSPS) is 22.0. The quantitative estimate of drug-likeness (QED) is 0.802. The standard InChI is InChI=1S/C13H25NO2/c1-5-13(3,4)10(2)14-8-6-11(7-9-14)12(15)16/h10-11H,5-9H2,1-4H3,(H,15,16)/t10-/m1/s1. The average Bonchev–Trinajstić information content (AvgIpc) is 2.28. The van der Waals surface area contributed by atoms with Crippen molar-refractivity contribution in [1.82, 2.24) is 4.90 Å². The molecule has 0 spiro atoms. The Kier molecular flexibility index (Phi) is 4.36. The molecule has 0 saturated carbocycles. The summed E-state index contributed by atoms with van der Waals surface area (Å²) in [5.74, 6) is -0.741. The van der Waals surface area contributed by atoms with Gasteiger partial charge in [0.05, 0.1) is 5.92 Å². The van der Waals surface area contributed by atoms with Crippen LogP contribution in [0.1, 0.15) is 47.0 Å². The third-order valence-corrected chi connectivity index (χ3v) is 4.47. The van der Waals surface area contributed by atoms with E-state index in [1.54, 1.807) is 0 Å². The molecule has 0 aromatic rings. The van der Waals surface area contributed by atoms with E-state index in [0.717, 1.165) is 32.4 Å². The summed E-state index contributed by atoms with van der Waals surface area (Å²) in [6, 6.07) is 0.534. The molecule has 1 atom stereocenters. The maximum atomic E-state index is 10.9. The fourth-order valence-corrected chi connectivity index (χ4v) is 2.32. The number of hydrogen-bond donors (Lipinski definition) is 1. The average molecular weight is 227 g/mol. The Labute approximate surface area is 98.8 Å². The van der Waals surface area contributed by atoms with Crippen LogP contribution in [0.2, 0.25) is 0 Å². The number of rotatable bonds is 4. The minimum Gasteiger partial charge on any atom is -0.481 e. The van der Waals surface area contributed by atoms with Crippen LogP contribution < -0.4 is 0 Å². The highest BCUT2D eigenvalue weighted by Gasteiger charge is 2.32. The zero-order valence-electron chi connectivity index (χ0n) is 11.0. The number of carbonyl (C=O) groups is 1. The van der Waals surface area contributed by atoms with Crippen molar-refractivity contribution in [3.05, 3.63) is 0 Å². The number of piperidine rings is 1. The monoisotopic (exact) mass is 227 g/mol. The highest BCUT2D eigenvalue weighted by molar-refractivity contribution is 5.70. The van der Waals surface area contributed by atoms with Crippen LogP contribution in [0.5, 0.6) is 0 Å². The van der Waals surface area contributed by atoms with Gasteiger partial charge in [0.1, 0.15) is 0 Å². The van der Waals surface area contributed by atoms with Gasteiger partial charge in [-0.05, 0) is 44.7 Å². The molecule has 1 fully saturated rings. The van der Waals surface area contributed by atoms with Crippen molar-refractivity contribution in [2.24, 2.45) is 11.3 Å². The molecule has 1 N–H and O–H groups in total. The summed E-state index contributed by atoms with van der Waals surface area (Å²) in [6.45, 7) is 10.9. The second kappa shape index (κ2) is 5.17. The molecule has 3 nitrogen and oxygen atoms in total. The van der Waals surface area contributed by atoms with E-state index in [-0.39, 0.29) is 5.92 Å². The molecule has 1 rings (SSSR count). The van der Waals surface area contributed by atoms with Gasteiger partial charge in [-0.3, -0.25) is 4.79 Å². The van der Waals surface area contributed by atoms with Crippen LogP contribution in [-0.4, -0.2) is 35.1 Å². The van der Waals surface area contributed by atoms with Crippen LogP contribution in [0.25, 0.3) is 0 Å². The summed E-state index contributed by atoms with van der Waals surface area (Å²) in [7, 11) is 0. The highest BCUT2D eigenvalue weighted by Crippen LogP contribution is 2.31. The Hall–Kier alpha value is -0.570. The van der Waals surface area contributed by atoms with Crippen molar-refractivity contribution in [2.75, 3.05) is 13.1 Å². The Morgan fingerprint density at radius 3 is 2.31 bits per heavy atom. The molecule has 0 radical (unpaired) electrons. The van der Waals surface area contributed by atoms with Gasteiger partial charge in [-0.25, -0.2) is 0 Å². The molecule has 0 unspecified atom stereocenters. The summed E-state index contributed by atoms with van der Waals surface area (Å²) >= 11 is 0. The Balaban J connectivity index is 2.50. The third-order valence-electron chi connectivity index (χ3n) is 4.47. The van der Waals surface area contributed by atoms with E-state index in [4.69, 9.17) is 5.11 Å². The Morgan fingerprint density at radius 2 is 1.94 bits per heavy atom. The molecular formula is C13H25NO2. The fourth-order valence-electron chi connectivity index (χ4n) is 2.32. The van der Waals surface area contributed by atoms with Crippen LogP contribution in [-0.2, 0) is 4.79 Å². The largest absolute Gasteiger partial charge is 0.481 e. The summed E-state index contributed by atoms with van der Waals surface area (Å²) < 4.78 is 0. The van der Waals surface area contributed by atoms with Gasteiger partial charge in [0.25, 0.3) is 0 Å². The lowest BCUT2D eigenvalue weighted by molar-refractivity contribution is -0.143. The third kappa shape index (κ3) is 2.97. The van der Waals surface area contributed by atoms with Crippen molar-refractivity contribution >= 4 is 5.97 Å². The topological polar surface area (TPSA) is 40.5 Å². The molecule has 1 saturated heterocycles. The molecule has 16 heavy (non-hydrogen) atoms. The van der Waals surface area contributed by atoms with Crippen LogP contribution in [0.3, 0.4) is 0 Å². The summed E-state index contributed by atoms with van der Waals surface area (Å²) in [5, 5.41) is 8.95. The first-order chi connectivity index (χ1) is 7.38. The van der Waals surface area contributed by atoms with Gasteiger partial charge in [-0.2, -0.15) is 0 Å². The zero-order valence-corrected chi connectivity index (χ0v) is 11.0. The van der Waals surface area contributed by atoms with Crippen LogP contribution in [0.4, 0.5) is 0 Å². The van der Waals surface area contributed by atoms with Crippen molar-refractivity contribution in [2.45, 2.75) is 53.0 Å². The van der Waals surface area contributed by atoms with Gasteiger partial charge < -0.3 is 10.0 Å². The molecule has 3 heteroatoms. The highest BCUT2D eigenvalue weighted by atomic mass is 16.4. The summed E-state index contributed by atoms with van der Waals surface area (Å²) in [6.07, 6.45) is 2.77. The maximum Gasteiger partial charge on any atom is 0.306 e. The molecule has 0 aliphatic carbocycles. The van der Waals surface area contributed by atoms with E-state index in [2.05, 4.69) is 32.6 Å². The molecular weight excluding hydrogens is 202 g/mol. The summed E-state index contributed by atoms with van der Waals surface area (Å²) in [4.78, 5) is 13.3. The number of hydrogen-bond acceptors (Lipinski definition) is 2. The van der Waals surface area contributed by atoms with Gasteiger partial charge >= 0.3 is 5.97 Å². The molecule has 1 aliphatic heterocycles. The maximum absolute atomic E-state index is 10.9. The summed E-state index contributed by atoms with van der Waals surface area (Å²) in [5.41, 5.74) is 0.316. The SMILES string of the molecule is CCC(C)(C)[C@@H](C)N1CCC(C(=O)O)CC1. The Bertz CT molecular complexity index is 242. The van der Waals surface area contributed by atoms with Crippen molar-refractivity contribution < 1.29 is 9.90 Å². The van der Waals surface area contributed by atoms with Crippen molar-refractivity contribution in [3.63, 3.8) is 0 Å². The first-order valence-corrected chi connectivity index (χ1v) is 6.35. The van der Waals surface area contributed by atoms with Crippen LogP contribution in [0, 0.1) is 11.3 Å². The molecule has 1 aliphatic rings. The lowest BCUT2D eigenvalue weighted by Gasteiger charge is -2.42. The van der Waals surface area contributed by atoms with E-state index in [1.807, 2.05) is 0 Å². The van der Waals surface area contributed by atoms with Crippen LogP contribution >= 0.6 is 0 Å². The van der Waals surface area contributed by atoms with E-state index in [1.165, 1.54) is 0 Å². The molecule has 0 bridgehead atoms. The molecule has 0 amide bonds. The predicted molar refractivity (Wildman–Crippen MR) is 65.5 cm³/mol. The zero-order chi connectivity index (χ0) is 12.3. The van der Waals surface area contributed by atoms with Crippen molar-refractivity contribution in [1.29, 1.82) is 0 Å². The van der Waals surface area contributed by atoms with Gasteiger partial charge in [-0.15, -0.1) is 0 Å². The molecule has 0 aromatic carbocycles.